The molecule has 4 rings (SSSR count). The molecule has 3 aromatic carbocycles. The fourth-order valence-electron chi connectivity index (χ4n) is 4.15. The van der Waals surface area contributed by atoms with E-state index < -0.39 is 48.6 Å². The summed E-state index contributed by atoms with van der Waals surface area (Å²) in [6.07, 6.45) is -3.59. The highest BCUT2D eigenvalue weighted by atomic mass is 16.7. The summed E-state index contributed by atoms with van der Waals surface area (Å²) >= 11 is 0. The van der Waals surface area contributed by atoms with E-state index in [0.29, 0.717) is 5.56 Å². The normalized spacial score (nSPS) is 22.6. The van der Waals surface area contributed by atoms with Gasteiger partial charge in [0.2, 0.25) is 12.4 Å². The number of rotatable bonds is 9. The summed E-state index contributed by atoms with van der Waals surface area (Å²) in [6.45, 7) is 3.76. The molecule has 0 aliphatic carbocycles. The zero-order valence-electron chi connectivity index (χ0n) is 20.8. The molecule has 5 atom stereocenters. The van der Waals surface area contributed by atoms with Crippen LogP contribution in [0.2, 0.25) is 0 Å². The molecular weight excluding hydrogens is 488 g/mol. The maximum Gasteiger partial charge on any atom is 0.340 e. The van der Waals surface area contributed by atoms with Crippen LogP contribution in [0.25, 0.3) is 0 Å². The molecule has 0 bridgehead atoms. The number of hydrogen-bond acceptors (Lipinski definition) is 8. The van der Waals surface area contributed by atoms with Crippen molar-refractivity contribution in [3.8, 4) is 0 Å². The average molecular weight is 517 g/mol. The highest BCUT2D eigenvalue weighted by Crippen LogP contribution is 2.32. The molecule has 0 amide bonds. The van der Waals surface area contributed by atoms with Gasteiger partial charge < -0.3 is 23.7 Å². The minimum atomic E-state index is -1.40. The standard InChI is InChI=1S/C30H28O8/c1-3-13-23-24(34-2)25(36-27(31)20-14-7-4-8-15-20)26(37-28(32)21-16-9-5-10-17-21)30(35-23)38-29(33)22-18-11-6-12-19-22/h3-12,14-19,23-26,30H,1,13H2,2H3/t23-,24+,25-,26-,30?/m1/s1. The molecule has 0 saturated carbocycles. The lowest BCUT2D eigenvalue weighted by atomic mass is 9.95. The molecule has 0 N–H and O–H groups in total. The predicted octanol–water partition coefficient (Wildman–Crippen LogP) is 4.61. The zero-order valence-corrected chi connectivity index (χ0v) is 20.8. The summed E-state index contributed by atoms with van der Waals surface area (Å²) < 4.78 is 29.1. The van der Waals surface area contributed by atoms with Gasteiger partial charge in [-0.15, -0.1) is 6.58 Å². The Balaban J connectivity index is 1.70. The third-order valence-corrected chi connectivity index (χ3v) is 6.00. The SMILES string of the molecule is C=CC[C@H]1OC(OC(=O)c2ccccc2)[C@H](OC(=O)c2ccccc2)[C@H](OC(=O)c2ccccc2)[C@H]1OC. The predicted molar refractivity (Wildman–Crippen MR) is 137 cm³/mol. The summed E-state index contributed by atoms with van der Waals surface area (Å²) in [7, 11) is 1.43. The van der Waals surface area contributed by atoms with Gasteiger partial charge in [0, 0.05) is 7.11 Å². The first kappa shape index (κ1) is 26.8. The lowest BCUT2D eigenvalue weighted by Crippen LogP contribution is -2.61. The number of esters is 3. The lowest BCUT2D eigenvalue weighted by molar-refractivity contribution is -0.282. The minimum Gasteiger partial charge on any atom is -0.452 e. The van der Waals surface area contributed by atoms with Crippen molar-refractivity contribution in [1.29, 1.82) is 0 Å². The quantitative estimate of drug-likeness (QED) is 0.231. The van der Waals surface area contributed by atoms with Gasteiger partial charge in [-0.2, -0.15) is 0 Å². The van der Waals surface area contributed by atoms with Gasteiger partial charge in [0.25, 0.3) is 0 Å². The van der Waals surface area contributed by atoms with E-state index in [4.69, 9.17) is 23.7 Å². The number of ether oxygens (including phenoxy) is 5. The number of benzene rings is 3. The maximum absolute atomic E-state index is 13.1. The topological polar surface area (TPSA) is 97.4 Å². The third kappa shape index (κ3) is 6.34. The summed E-state index contributed by atoms with van der Waals surface area (Å²) in [6, 6.07) is 25.0. The first-order chi connectivity index (χ1) is 18.5. The molecule has 196 valence electrons. The first-order valence-electron chi connectivity index (χ1n) is 12.1. The van der Waals surface area contributed by atoms with Gasteiger partial charge in [-0.25, -0.2) is 14.4 Å². The van der Waals surface area contributed by atoms with E-state index in [1.54, 1.807) is 97.1 Å². The van der Waals surface area contributed by atoms with Gasteiger partial charge in [0.1, 0.15) is 6.10 Å². The molecule has 1 saturated heterocycles. The fourth-order valence-corrected chi connectivity index (χ4v) is 4.15. The second kappa shape index (κ2) is 12.8. The molecule has 8 heteroatoms. The van der Waals surface area contributed by atoms with Crippen molar-refractivity contribution in [2.45, 2.75) is 37.1 Å². The first-order valence-corrected chi connectivity index (χ1v) is 12.1. The smallest absolute Gasteiger partial charge is 0.340 e. The maximum atomic E-state index is 13.1. The largest absolute Gasteiger partial charge is 0.452 e. The molecule has 38 heavy (non-hydrogen) atoms. The van der Waals surface area contributed by atoms with E-state index >= 15 is 0 Å². The second-order valence-corrected chi connectivity index (χ2v) is 8.51. The van der Waals surface area contributed by atoms with Gasteiger partial charge in [-0.3, -0.25) is 0 Å². The summed E-state index contributed by atoms with van der Waals surface area (Å²) in [5.74, 6) is -2.07. The van der Waals surface area contributed by atoms with Crippen molar-refractivity contribution in [2.24, 2.45) is 0 Å². The van der Waals surface area contributed by atoms with Crippen LogP contribution in [0.5, 0.6) is 0 Å². The van der Waals surface area contributed by atoms with E-state index in [9.17, 15) is 14.4 Å². The fraction of sp³-hybridized carbons (Fsp3) is 0.233. The van der Waals surface area contributed by atoms with E-state index in [-0.39, 0.29) is 17.5 Å². The van der Waals surface area contributed by atoms with Crippen molar-refractivity contribution in [3.63, 3.8) is 0 Å². The number of hydrogen-bond donors (Lipinski definition) is 0. The molecule has 0 aromatic heterocycles. The van der Waals surface area contributed by atoms with Crippen LogP contribution >= 0.6 is 0 Å². The van der Waals surface area contributed by atoms with Crippen molar-refractivity contribution >= 4 is 17.9 Å². The van der Waals surface area contributed by atoms with Crippen molar-refractivity contribution < 1.29 is 38.1 Å². The van der Waals surface area contributed by atoms with E-state index in [0.717, 1.165) is 0 Å². The number of carbonyl (C=O) groups excluding carboxylic acids is 3. The van der Waals surface area contributed by atoms with Crippen LogP contribution < -0.4 is 0 Å². The van der Waals surface area contributed by atoms with E-state index in [1.807, 2.05) is 0 Å². The zero-order chi connectivity index (χ0) is 26.9. The molecule has 1 fully saturated rings. The molecule has 1 aliphatic rings. The minimum absolute atomic E-state index is 0.260. The summed E-state index contributed by atoms with van der Waals surface area (Å²) in [5.41, 5.74) is 0.826. The van der Waals surface area contributed by atoms with Crippen LogP contribution in [-0.4, -0.2) is 55.7 Å². The van der Waals surface area contributed by atoms with Crippen LogP contribution in [0, 0.1) is 0 Å². The lowest BCUT2D eigenvalue weighted by Gasteiger charge is -2.44. The van der Waals surface area contributed by atoms with Crippen LogP contribution in [0.15, 0.2) is 104 Å². The van der Waals surface area contributed by atoms with Crippen LogP contribution in [-0.2, 0) is 23.7 Å². The van der Waals surface area contributed by atoms with Gasteiger partial charge >= 0.3 is 17.9 Å². The van der Waals surface area contributed by atoms with Crippen molar-refractivity contribution in [1.82, 2.24) is 0 Å². The molecular formula is C30H28O8. The Bertz CT molecular complexity index is 1230. The monoisotopic (exact) mass is 516 g/mol. The van der Waals surface area contributed by atoms with Crippen molar-refractivity contribution in [3.05, 3.63) is 120 Å². The second-order valence-electron chi connectivity index (χ2n) is 8.51. The Morgan fingerprint density at radius 3 is 1.53 bits per heavy atom. The Morgan fingerprint density at radius 1 is 0.684 bits per heavy atom. The molecule has 8 nitrogen and oxygen atoms in total. The van der Waals surface area contributed by atoms with Crippen LogP contribution in [0.1, 0.15) is 37.5 Å². The van der Waals surface area contributed by atoms with Crippen molar-refractivity contribution in [2.75, 3.05) is 7.11 Å². The Hall–Kier alpha value is -4.27. The van der Waals surface area contributed by atoms with Crippen LogP contribution in [0.4, 0.5) is 0 Å². The third-order valence-electron chi connectivity index (χ3n) is 6.00. The molecule has 1 aliphatic heterocycles. The van der Waals surface area contributed by atoms with Gasteiger partial charge in [-0.1, -0.05) is 60.7 Å². The number of carbonyl (C=O) groups is 3. The van der Waals surface area contributed by atoms with Gasteiger partial charge in [0.15, 0.2) is 6.10 Å². The highest BCUT2D eigenvalue weighted by molar-refractivity contribution is 5.91. The molecule has 0 spiro atoms. The van der Waals surface area contributed by atoms with E-state index in [1.165, 1.54) is 7.11 Å². The van der Waals surface area contributed by atoms with Gasteiger partial charge in [0.05, 0.1) is 22.8 Å². The average Bonchev–Trinajstić information content (AvgIpc) is 2.96. The summed E-state index contributed by atoms with van der Waals surface area (Å²) in [5, 5.41) is 0. The molecule has 1 unspecified atom stereocenters. The Morgan fingerprint density at radius 2 is 1.11 bits per heavy atom. The summed E-state index contributed by atoms with van der Waals surface area (Å²) in [4.78, 5) is 39.2. The van der Waals surface area contributed by atoms with E-state index in [2.05, 4.69) is 6.58 Å². The Labute approximate surface area is 220 Å². The molecule has 1 heterocycles. The Kier molecular flexibility index (Phi) is 9.02. The molecule has 3 aromatic rings. The highest BCUT2D eigenvalue weighted by Gasteiger charge is 2.52. The molecule has 0 radical (unpaired) electrons. The number of methoxy groups -OCH3 is 1. The van der Waals surface area contributed by atoms with Crippen LogP contribution in [0.3, 0.4) is 0 Å². The van der Waals surface area contributed by atoms with Gasteiger partial charge in [-0.05, 0) is 42.8 Å².